The number of hydrogen-bond acceptors (Lipinski definition) is 6. The molecule has 2 aliphatic rings. The number of fused-ring (bicyclic) bond motifs is 2. The number of nitrogens with zero attached hydrogens (tertiary/aromatic N) is 5. The molecule has 4 aromatic rings. The van der Waals surface area contributed by atoms with Crippen molar-refractivity contribution in [3.63, 3.8) is 0 Å². The lowest BCUT2D eigenvalue weighted by molar-refractivity contribution is 0.169. The molecule has 10 heteroatoms. The molecule has 6 rings (SSSR count). The zero-order chi connectivity index (χ0) is 27.5. The molecule has 1 unspecified atom stereocenters. The second-order valence-electron chi connectivity index (χ2n) is 11.5. The summed E-state index contributed by atoms with van der Waals surface area (Å²) >= 11 is -1.44. The molecule has 1 fully saturated rings. The van der Waals surface area contributed by atoms with Crippen LogP contribution in [0.2, 0.25) is 0 Å². The number of anilines is 1. The maximum Gasteiger partial charge on any atom is 0.168 e. The topological polar surface area (TPSA) is 95.4 Å². The first-order valence-electron chi connectivity index (χ1n) is 13.2. The van der Waals surface area contributed by atoms with Crippen LogP contribution in [0.1, 0.15) is 56.0 Å². The number of aryl methyl sites for hydroxylation is 1. The number of halogens is 2. The smallest absolute Gasteiger partial charge is 0.168 e. The zero-order valence-corrected chi connectivity index (χ0v) is 23.1. The van der Waals surface area contributed by atoms with Crippen LogP contribution in [-0.2, 0) is 17.8 Å². The van der Waals surface area contributed by atoms with E-state index < -0.39 is 27.7 Å². The van der Waals surface area contributed by atoms with Gasteiger partial charge in [0.1, 0.15) is 10.3 Å². The maximum atomic E-state index is 14.8. The fourth-order valence-corrected chi connectivity index (χ4v) is 6.92. The van der Waals surface area contributed by atoms with Gasteiger partial charge >= 0.3 is 0 Å². The minimum absolute atomic E-state index is 0.0000355. The molecular weight excluding hydrogens is 518 g/mol. The number of rotatable bonds is 5. The van der Waals surface area contributed by atoms with Crippen LogP contribution in [-0.4, -0.2) is 42.0 Å². The Hall–Kier alpha value is -3.08. The molecule has 1 saturated heterocycles. The van der Waals surface area contributed by atoms with Gasteiger partial charge in [0, 0.05) is 48.3 Å². The Balaban J connectivity index is 1.33. The molecule has 1 aromatic carbocycles. The van der Waals surface area contributed by atoms with E-state index in [1.807, 2.05) is 32.2 Å². The Labute approximate surface area is 229 Å². The van der Waals surface area contributed by atoms with E-state index in [2.05, 4.69) is 16.1 Å². The second-order valence-corrected chi connectivity index (χ2v) is 13.2. The number of nitrogens with two attached hydrogens (primary N) is 1. The van der Waals surface area contributed by atoms with Gasteiger partial charge < -0.3 is 9.45 Å². The minimum atomic E-state index is -1.44. The summed E-state index contributed by atoms with van der Waals surface area (Å²) in [6, 6.07) is 10.2. The van der Waals surface area contributed by atoms with Gasteiger partial charge in [-0.25, -0.2) is 18.3 Å². The highest BCUT2D eigenvalue weighted by atomic mass is 32.2. The van der Waals surface area contributed by atoms with Crippen molar-refractivity contribution in [1.82, 2.24) is 19.6 Å². The van der Waals surface area contributed by atoms with Crippen LogP contribution in [0.5, 0.6) is 0 Å². The lowest BCUT2D eigenvalue weighted by Gasteiger charge is -2.45. The van der Waals surface area contributed by atoms with E-state index in [0.29, 0.717) is 11.4 Å². The van der Waals surface area contributed by atoms with Crippen molar-refractivity contribution in [3.8, 4) is 11.3 Å². The van der Waals surface area contributed by atoms with E-state index in [1.54, 1.807) is 23.7 Å². The zero-order valence-electron chi connectivity index (χ0n) is 22.3. The number of benzene rings is 1. The first-order valence-corrected chi connectivity index (χ1v) is 14.5. The van der Waals surface area contributed by atoms with Crippen molar-refractivity contribution >= 4 is 22.7 Å². The van der Waals surface area contributed by atoms with Gasteiger partial charge in [-0.05, 0) is 81.2 Å². The van der Waals surface area contributed by atoms with Gasteiger partial charge in [0.15, 0.2) is 17.5 Å². The molecule has 4 heterocycles. The summed E-state index contributed by atoms with van der Waals surface area (Å²) in [7, 11) is 0. The van der Waals surface area contributed by atoms with E-state index in [9.17, 15) is 13.3 Å². The quantitative estimate of drug-likeness (QED) is 0.348. The van der Waals surface area contributed by atoms with Crippen molar-refractivity contribution < 1.29 is 13.3 Å². The molecular formula is C29H32F2N6OS. The van der Waals surface area contributed by atoms with E-state index in [4.69, 9.17) is 15.1 Å². The summed E-state index contributed by atoms with van der Waals surface area (Å²) in [5.41, 5.74) is 4.29. The van der Waals surface area contributed by atoms with Crippen LogP contribution in [0.15, 0.2) is 48.8 Å². The second kappa shape index (κ2) is 9.53. The van der Waals surface area contributed by atoms with Gasteiger partial charge in [-0.1, -0.05) is 12.1 Å². The van der Waals surface area contributed by atoms with Gasteiger partial charge in [0.25, 0.3) is 0 Å². The molecule has 204 valence electrons. The maximum absolute atomic E-state index is 14.8. The molecule has 0 amide bonds. The normalized spacial score (nSPS) is 19.6. The van der Waals surface area contributed by atoms with Gasteiger partial charge in [0.2, 0.25) is 0 Å². The number of aromatic nitrogens is 4. The first-order chi connectivity index (χ1) is 18.6. The van der Waals surface area contributed by atoms with Gasteiger partial charge in [-0.15, -0.1) is 0 Å². The monoisotopic (exact) mass is 550 g/mol. The Kier molecular flexibility index (Phi) is 6.39. The molecule has 0 radical (unpaired) electrons. The number of pyridine rings is 1. The van der Waals surface area contributed by atoms with Crippen molar-refractivity contribution in [2.45, 2.75) is 57.1 Å². The molecule has 2 atom stereocenters. The van der Waals surface area contributed by atoms with E-state index >= 15 is 0 Å². The Morgan fingerprint density at radius 3 is 2.64 bits per heavy atom. The summed E-state index contributed by atoms with van der Waals surface area (Å²) < 4.78 is 42.3. The lowest BCUT2D eigenvalue weighted by atomic mass is 9.67. The first kappa shape index (κ1) is 26.2. The van der Waals surface area contributed by atoms with Crippen molar-refractivity contribution in [2.24, 2.45) is 10.6 Å². The molecule has 1 aliphatic carbocycles. The third-order valence-electron chi connectivity index (χ3n) is 8.77. The lowest BCUT2D eigenvalue weighted by Crippen LogP contribution is -2.46. The highest BCUT2D eigenvalue weighted by Gasteiger charge is 2.51. The highest BCUT2D eigenvalue weighted by Crippen LogP contribution is 2.56. The standard InChI is InChI=1S/C29H32F2N6OS/c1-18-26(20-6-4-8-22(30)25(20)31)37-24(9-13-34-37)27(35-18)36-14-10-29(11-15-36)17-23-19(7-5-12-33-23)21(29)16-28(2,3)39(32)38/h4-9,12-13,21H,10-11,14-17,32H2,1-3H3/t21-,39?/m1/s1. The highest BCUT2D eigenvalue weighted by molar-refractivity contribution is 7.90. The van der Waals surface area contributed by atoms with Crippen LogP contribution in [0.3, 0.4) is 0 Å². The van der Waals surface area contributed by atoms with E-state index in [0.717, 1.165) is 61.9 Å². The fraction of sp³-hybridized carbons (Fsp3) is 0.414. The molecule has 0 bridgehead atoms. The summed E-state index contributed by atoms with van der Waals surface area (Å²) in [5.74, 6) is -0.808. The average Bonchev–Trinajstić information content (AvgIpc) is 3.50. The predicted octanol–water partition coefficient (Wildman–Crippen LogP) is 5.10. The third-order valence-corrected chi connectivity index (χ3v) is 10.0. The van der Waals surface area contributed by atoms with Crippen molar-refractivity contribution in [2.75, 3.05) is 18.0 Å². The van der Waals surface area contributed by atoms with Crippen LogP contribution in [0.4, 0.5) is 14.6 Å². The largest absolute Gasteiger partial charge is 0.598 e. The minimum Gasteiger partial charge on any atom is -0.598 e. The molecule has 1 aliphatic heterocycles. The Morgan fingerprint density at radius 1 is 1.13 bits per heavy atom. The van der Waals surface area contributed by atoms with Gasteiger partial charge in [-0.3, -0.25) is 4.98 Å². The summed E-state index contributed by atoms with van der Waals surface area (Å²) in [6.45, 7) is 7.31. The number of piperidine rings is 1. The summed E-state index contributed by atoms with van der Waals surface area (Å²) in [5, 5.41) is 10.4. The van der Waals surface area contributed by atoms with E-state index in [1.165, 1.54) is 11.6 Å². The number of hydrogen-bond donors (Lipinski definition) is 1. The Bertz CT molecular complexity index is 1550. The summed E-state index contributed by atoms with van der Waals surface area (Å²) in [4.78, 5) is 11.9. The van der Waals surface area contributed by atoms with Crippen LogP contribution < -0.4 is 10.0 Å². The molecule has 0 saturated carbocycles. The van der Waals surface area contributed by atoms with Gasteiger partial charge in [-0.2, -0.15) is 10.2 Å². The van der Waals surface area contributed by atoms with Gasteiger partial charge in [0.05, 0.1) is 17.6 Å². The summed E-state index contributed by atoms with van der Waals surface area (Å²) in [6.07, 6.45) is 6.97. The molecule has 7 nitrogen and oxygen atoms in total. The van der Waals surface area contributed by atoms with Crippen LogP contribution in [0, 0.1) is 24.0 Å². The molecule has 39 heavy (non-hydrogen) atoms. The van der Waals surface area contributed by atoms with E-state index in [-0.39, 0.29) is 16.9 Å². The molecule has 2 N–H and O–H groups in total. The fourth-order valence-electron chi connectivity index (χ4n) is 6.59. The van der Waals surface area contributed by atoms with Crippen LogP contribution >= 0.6 is 0 Å². The Morgan fingerprint density at radius 2 is 1.90 bits per heavy atom. The molecule has 1 spiro atoms. The van der Waals surface area contributed by atoms with Crippen LogP contribution in [0.25, 0.3) is 16.8 Å². The average molecular weight is 551 g/mol. The molecule has 3 aromatic heterocycles. The SMILES string of the molecule is Cc1nc(N2CCC3(CC2)Cc2ncccc2[C@H]3CC(C)(C)[S+](N)[O-])c2ccnn2c1-c1cccc(F)c1F. The van der Waals surface area contributed by atoms with Crippen molar-refractivity contribution in [1.29, 1.82) is 0 Å². The predicted molar refractivity (Wildman–Crippen MR) is 149 cm³/mol. The third kappa shape index (κ3) is 4.29. The van der Waals surface area contributed by atoms with Crippen molar-refractivity contribution in [3.05, 3.63) is 77.4 Å².